The molecule has 3 aromatic rings. The number of alkyl halides is 3. The molecule has 3 aliphatic carbocycles. The second-order valence-corrected chi connectivity index (χ2v) is 13.9. The number of carbonyl (C=O) groups is 3. The number of hydrogen-bond acceptors (Lipinski definition) is 8. The molecule has 0 radical (unpaired) electrons. The molecule has 47 heavy (non-hydrogen) atoms. The van der Waals surface area contributed by atoms with Crippen LogP contribution in [0.15, 0.2) is 53.7 Å². The summed E-state index contributed by atoms with van der Waals surface area (Å²) in [6.45, 7) is 0. The zero-order valence-electron chi connectivity index (χ0n) is 24.6. The van der Waals surface area contributed by atoms with Gasteiger partial charge in [-0.1, -0.05) is 6.07 Å². The van der Waals surface area contributed by atoms with Crippen molar-refractivity contribution in [3.8, 4) is 17.0 Å². The fourth-order valence-corrected chi connectivity index (χ4v) is 7.57. The van der Waals surface area contributed by atoms with Crippen molar-refractivity contribution in [1.29, 1.82) is 0 Å². The minimum atomic E-state index is -5.64. The fraction of sp³-hybridized carbons (Fsp3) is 0.387. The standard InChI is InChI=1S/C31H28F4N4O7S/c1-46-25-11-22(32)20(24-13-36-23(12-37-24)18-9-19(18)30(42)43)10-21(25)28(40)39-27-15-6-5-14(7-15)26(27)29(41)38-16-3-2-4-17(8-16)47(44,45)31(33,34)35/h2-4,8,10-15,18-19,26-27H,5-7,9H2,1H3,(H,38,41)(H,39,40)(H,42,43)/t14-,15+,18?,19?,26+,27-/m1/s1. The molecule has 3 aliphatic rings. The lowest BCUT2D eigenvalue weighted by Gasteiger charge is -2.31. The molecule has 3 saturated carbocycles. The number of rotatable bonds is 9. The summed E-state index contributed by atoms with van der Waals surface area (Å²) < 4.78 is 83.5. The number of benzene rings is 2. The van der Waals surface area contributed by atoms with Gasteiger partial charge in [0.05, 0.1) is 47.0 Å². The second kappa shape index (κ2) is 11.9. The van der Waals surface area contributed by atoms with Crippen LogP contribution in [-0.4, -0.2) is 59.9 Å². The van der Waals surface area contributed by atoms with Crippen LogP contribution in [0.2, 0.25) is 0 Å². The average Bonchev–Trinajstić information content (AvgIpc) is 3.59. The van der Waals surface area contributed by atoms with Crippen LogP contribution in [0.5, 0.6) is 5.75 Å². The van der Waals surface area contributed by atoms with Crippen LogP contribution in [0.3, 0.4) is 0 Å². The lowest BCUT2D eigenvalue weighted by Crippen LogP contribution is -2.48. The maximum absolute atomic E-state index is 15.2. The zero-order valence-corrected chi connectivity index (χ0v) is 25.4. The largest absolute Gasteiger partial charge is 0.501 e. The Morgan fingerprint density at radius 1 is 1.02 bits per heavy atom. The first-order valence-corrected chi connectivity index (χ1v) is 16.1. The number of carbonyl (C=O) groups excluding carboxylic acids is 2. The Kier molecular flexibility index (Phi) is 8.18. The third-order valence-electron chi connectivity index (χ3n) is 9.20. The van der Waals surface area contributed by atoms with Gasteiger partial charge in [-0.3, -0.25) is 24.4 Å². The van der Waals surface area contributed by atoms with E-state index in [1.807, 2.05) is 0 Å². The molecular weight excluding hydrogens is 648 g/mol. The SMILES string of the molecule is COc1cc(F)c(-c2cnc(C3CC3C(=O)O)cn2)cc1C(=O)N[C@@H]1[C@H]2CC[C@H](C2)[C@@H]1C(=O)Nc1cccc(S(=O)(=O)C(F)(F)F)c1. The summed E-state index contributed by atoms with van der Waals surface area (Å²) in [5.74, 6) is -4.84. The van der Waals surface area contributed by atoms with Crippen LogP contribution < -0.4 is 15.4 Å². The first-order valence-electron chi connectivity index (χ1n) is 14.7. The summed E-state index contributed by atoms with van der Waals surface area (Å²) in [5.41, 5.74) is -5.21. The summed E-state index contributed by atoms with van der Waals surface area (Å²) in [5, 5.41) is 14.6. The lowest BCUT2D eigenvalue weighted by atomic mass is 9.83. The Labute approximate surface area is 265 Å². The van der Waals surface area contributed by atoms with Crippen molar-refractivity contribution < 1.29 is 50.2 Å². The van der Waals surface area contributed by atoms with Crippen molar-refractivity contribution in [2.45, 2.75) is 48.0 Å². The molecule has 1 heterocycles. The van der Waals surface area contributed by atoms with Crippen LogP contribution in [0.1, 0.15) is 47.7 Å². The number of anilines is 1. The maximum Gasteiger partial charge on any atom is 0.501 e. The molecule has 6 rings (SSSR count). The molecule has 2 amide bonds. The summed E-state index contributed by atoms with van der Waals surface area (Å²) in [6, 6.07) is 5.46. The van der Waals surface area contributed by atoms with E-state index in [9.17, 15) is 41.1 Å². The van der Waals surface area contributed by atoms with Crippen molar-refractivity contribution in [3.05, 3.63) is 65.9 Å². The number of aliphatic carboxylic acids is 1. The van der Waals surface area contributed by atoms with Crippen molar-refractivity contribution >= 4 is 33.3 Å². The van der Waals surface area contributed by atoms with Gasteiger partial charge in [-0.25, -0.2) is 12.8 Å². The number of carboxylic acids is 1. The molecule has 6 atom stereocenters. The van der Waals surface area contributed by atoms with Crippen molar-refractivity contribution in [2.75, 3.05) is 12.4 Å². The van der Waals surface area contributed by atoms with E-state index in [2.05, 4.69) is 20.6 Å². The number of nitrogens with one attached hydrogen (secondary N) is 2. The van der Waals surface area contributed by atoms with Crippen LogP contribution >= 0.6 is 0 Å². The molecule has 11 nitrogen and oxygen atoms in total. The number of nitrogens with zero attached hydrogens (tertiary/aromatic N) is 2. The molecule has 3 fully saturated rings. The maximum atomic E-state index is 15.2. The predicted molar refractivity (Wildman–Crippen MR) is 156 cm³/mol. The van der Waals surface area contributed by atoms with E-state index in [0.29, 0.717) is 25.0 Å². The molecule has 2 aromatic carbocycles. The number of carboxylic acid groups (broad SMARTS) is 1. The molecule has 1 aromatic heterocycles. The summed E-state index contributed by atoms with van der Waals surface area (Å²) >= 11 is 0. The number of amides is 2. The van der Waals surface area contributed by atoms with Crippen LogP contribution in [0.25, 0.3) is 11.3 Å². The highest BCUT2D eigenvalue weighted by atomic mass is 32.2. The molecule has 2 bridgehead atoms. The van der Waals surface area contributed by atoms with Gasteiger partial charge in [0.15, 0.2) is 0 Å². The van der Waals surface area contributed by atoms with Gasteiger partial charge in [-0.2, -0.15) is 13.2 Å². The van der Waals surface area contributed by atoms with E-state index in [1.54, 1.807) is 0 Å². The highest BCUT2D eigenvalue weighted by Gasteiger charge is 2.52. The van der Waals surface area contributed by atoms with E-state index < -0.39 is 61.7 Å². The monoisotopic (exact) mass is 676 g/mol. The highest BCUT2D eigenvalue weighted by Crippen LogP contribution is 2.49. The minimum Gasteiger partial charge on any atom is -0.496 e. The number of fused-ring (bicyclic) bond motifs is 2. The third kappa shape index (κ3) is 6.01. The van der Waals surface area contributed by atoms with Gasteiger partial charge in [-0.15, -0.1) is 0 Å². The van der Waals surface area contributed by atoms with Crippen molar-refractivity contribution in [3.63, 3.8) is 0 Å². The van der Waals surface area contributed by atoms with Crippen LogP contribution in [0, 0.1) is 29.5 Å². The molecular formula is C31H28F4N4O7S. The van der Waals surface area contributed by atoms with Crippen LogP contribution in [-0.2, 0) is 19.4 Å². The van der Waals surface area contributed by atoms with Gasteiger partial charge in [0.1, 0.15) is 11.6 Å². The Balaban J connectivity index is 1.22. The fourth-order valence-electron chi connectivity index (χ4n) is 6.77. The number of ether oxygens (including phenoxy) is 1. The van der Waals surface area contributed by atoms with E-state index in [0.717, 1.165) is 30.7 Å². The van der Waals surface area contributed by atoms with Gasteiger partial charge in [0, 0.05) is 35.5 Å². The Morgan fingerprint density at radius 3 is 2.40 bits per heavy atom. The first-order chi connectivity index (χ1) is 22.2. The molecule has 2 unspecified atom stereocenters. The van der Waals surface area contributed by atoms with E-state index >= 15 is 4.39 Å². The quantitative estimate of drug-likeness (QED) is 0.276. The second-order valence-electron chi connectivity index (χ2n) is 12.0. The summed E-state index contributed by atoms with van der Waals surface area (Å²) in [7, 11) is -4.38. The number of methoxy groups -OCH3 is 1. The van der Waals surface area contributed by atoms with Gasteiger partial charge < -0.3 is 20.5 Å². The van der Waals surface area contributed by atoms with E-state index in [1.165, 1.54) is 31.6 Å². The molecule has 16 heteroatoms. The third-order valence-corrected chi connectivity index (χ3v) is 10.7. The number of aromatic nitrogens is 2. The van der Waals surface area contributed by atoms with Crippen molar-refractivity contribution in [1.82, 2.24) is 15.3 Å². The van der Waals surface area contributed by atoms with E-state index in [4.69, 9.17) is 4.74 Å². The molecule has 3 N–H and O–H groups in total. The smallest absolute Gasteiger partial charge is 0.496 e. The normalized spacial score (nSPS) is 24.9. The zero-order chi connectivity index (χ0) is 33.8. The molecule has 248 valence electrons. The van der Waals surface area contributed by atoms with Gasteiger partial charge in [0.25, 0.3) is 15.7 Å². The number of sulfone groups is 1. The average molecular weight is 677 g/mol. The lowest BCUT2D eigenvalue weighted by molar-refractivity contribution is -0.138. The topological polar surface area (TPSA) is 165 Å². The number of hydrogen-bond donors (Lipinski definition) is 3. The highest BCUT2D eigenvalue weighted by molar-refractivity contribution is 7.92. The summed E-state index contributed by atoms with van der Waals surface area (Å²) in [4.78, 5) is 45.8. The van der Waals surface area contributed by atoms with Gasteiger partial charge in [0.2, 0.25) is 5.91 Å². The molecule has 0 aliphatic heterocycles. The summed E-state index contributed by atoms with van der Waals surface area (Å²) in [6.07, 6.45) is 5.12. The minimum absolute atomic E-state index is 0.0464. The molecule has 0 saturated heterocycles. The van der Waals surface area contributed by atoms with Crippen LogP contribution in [0.4, 0.5) is 23.2 Å². The van der Waals surface area contributed by atoms with Gasteiger partial charge in [-0.05, 0) is 61.8 Å². The molecule has 0 spiro atoms. The number of halogens is 4. The Bertz CT molecular complexity index is 1870. The Hall–Kier alpha value is -4.60. The Morgan fingerprint density at radius 2 is 1.77 bits per heavy atom. The van der Waals surface area contributed by atoms with Crippen molar-refractivity contribution in [2.24, 2.45) is 23.7 Å². The predicted octanol–water partition coefficient (Wildman–Crippen LogP) is 4.56. The van der Waals surface area contributed by atoms with Gasteiger partial charge >= 0.3 is 11.5 Å². The van der Waals surface area contributed by atoms with E-state index in [-0.39, 0.29) is 46.0 Å². The first kappa shape index (κ1) is 32.3.